The maximum atomic E-state index is 14.0. The van der Waals surface area contributed by atoms with Gasteiger partial charge in [-0.25, -0.2) is 13.8 Å². The largest absolute Gasteiger partial charge is 0.494 e. The molecular weight excluding hydrogens is 412 g/mol. The average molecular weight is 431 g/mol. The normalized spacial score (nSPS) is 11.8. The molecule has 1 N–H and O–H groups in total. The van der Waals surface area contributed by atoms with Crippen molar-refractivity contribution in [2.45, 2.75) is 25.7 Å². The molecule has 1 atom stereocenters. The van der Waals surface area contributed by atoms with Gasteiger partial charge in [-0.15, -0.1) is 11.3 Å². The predicted molar refractivity (Wildman–Crippen MR) is 109 cm³/mol. The van der Waals surface area contributed by atoms with Crippen LogP contribution >= 0.6 is 11.3 Å². The Labute approximate surface area is 176 Å². The fraction of sp³-hybridized carbons (Fsp3) is 0.227. The monoisotopic (exact) mass is 431 g/mol. The van der Waals surface area contributed by atoms with Gasteiger partial charge in [-0.05, 0) is 49.4 Å². The summed E-state index contributed by atoms with van der Waals surface area (Å²) in [5, 5.41) is 11.8. The van der Waals surface area contributed by atoms with E-state index in [1.807, 2.05) is 31.2 Å². The number of hydrogen-bond donors (Lipinski definition) is 1. The summed E-state index contributed by atoms with van der Waals surface area (Å²) >= 11 is 1.36. The van der Waals surface area contributed by atoms with Crippen molar-refractivity contribution < 1.29 is 28.2 Å². The minimum Gasteiger partial charge on any atom is -0.494 e. The number of hydrogen-bond acceptors (Lipinski definition) is 5. The molecule has 30 heavy (non-hydrogen) atoms. The molecule has 3 aromatic rings. The summed E-state index contributed by atoms with van der Waals surface area (Å²) in [5.74, 6) is -4.14. The number of Topliss-reactive ketones (excluding diaryl/α,β-unsaturated/α-hetero) is 1. The van der Waals surface area contributed by atoms with Crippen molar-refractivity contribution in [3.8, 4) is 16.3 Å². The molecule has 1 aromatic heterocycles. The second-order valence-corrected chi connectivity index (χ2v) is 7.44. The Balaban J connectivity index is 1.69. The van der Waals surface area contributed by atoms with Crippen molar-refractivity contribution in [1.82, 2.24) is 4.98 Å². The first-order valence-electron chi connectivity index (χ1n) is 9.24. The third kappa shape index (κ3) is 5.27. The topological polar surface area (TPSA) is 76.5 Å². The summed E-state index contributed by atoms with van der Waals surface area (Å²) in [6, 6.07) is 9.96. The Hall–Kier alpha value is -3.13. The Morgan fingerprint density at radius 2 is 1.90 bits per heavy atom. The molecule has 0 amide bonds. The highest BCUT2D eigenvalue weighted by Crippen LogP contribution is 2.28. The number of nitrogens with zero attached hydrogens (tertiary/aromatic N) is 1. The zero-order valence-electron chi connectivity index (χ0n) is 16.1. The number of benzene rings is 2. The Bertz CT molecular complexity index is 1050. The van der Waals surface area contributed by atoms with Gasteiger partial charge in [0.15, 0.2) is 0 Å². The second kappa shape index (κ2) is 9.58. The first-order chi connectivity index (χ1) is 14.4. The van der Waals surface area contributed by atoms with Crippen LogP contribution in [0.5, 0.6) is 5.75 Å². The van der Waals surface area contributed by atoms with E-state index in [0.29, 0.717) is 17.3 Å². The summed E-state index contributed by atoms with van der Waals surface area (Å²) in [7, 11) is 0. The van der Waals surface area contributed by atoms with E-state index < -0.39 is 35.7 Å². The number of aliphatic carboxylic acids is 1. The van der Waals surface area contributed by atoms with E-state index in [1.54, 1.807) is 5.38 Å². The predicted octanol–water partition coefficient (Wildman–Crippen LogP) is 4.86. The highest BCUT2D eigenvalue weighted by Gasteiger charge is 2.27. The van der Waals surface area contributed by atoms with Gasteiger partial charge in [0.2, 0.25) is 0 Å². The lowest BCUT2D eigenvalue weighted by Crippen LogP contribution is -2.19. The standard InChI is InChI=1S/C22H19F2NO4S/c1-2-29-17-6-3-13(4-7-17)21-25-15(12-30-21)10-16(26)11-19(22(27)28)18-9-14(23)5-8-20(18)24/h3-9,12,19H,2,10-11H2,1H3,(H,27,28). The molecule has 2 aromatic carbocycles. The maximum absolute atomic E-state index is 14.0. The van der Waals surface area contributed by atoms with E-state index in [1.165, 1.54) is 11.3 Å². The van der Waals surface area contributed by atoms with Crippen molar-refractivity contribution in [2.75, 3.05) is 6.61 Å². The minimum atomic E-state index is -1.46. The van der Waals surface area contributed by atoms with E-state index in [0.717, 1.165) is 29.5 Å². The molecule has 0 aliphatic heterocycles. The van der Waals surface area contributed by atoms with Gasteiger partial charge in [0.05, 0.1) is 18.2 Å². The molecule has 8 heteroatoms. The fourth-order valence-electron chi connectivity index (χ4n) is 2.99. The van der Waals surface area contributed by atoms with Crippen molar-refractivity contribution >= 4 is 23.1 Å². The van der Waals surface area contributed by atoms with Gasteiger partial charge in [-0.3, -0.25) is 9.59 Å². The fourth-order valence-corrected chi connectivity index (χ4v) is 3.82. The van der Waals surface area contributed by atoms with E-state index in [2.05, 4.69) is 4.98 Å². The van der Waals surface area contributed by atoms with Gasteiger partial charge >= 0.3 is 5.97 Å². The maximum Gasteiger partial charge on any atom is 0.311 e. The molecule has 0 aliphatic carbocycles. The molecule has 0 bridgehead atoms. The molecular formula is C22H19F2NO4S. The van der Waals surface area contributed by atoms with Crippen LogP contribution in [0.3, 0.4) is 0 Å². The number of carbonyl (C=O) groups excluding carboxylic acids is 1. The lowest BCUT2D eigenvalue weighted by molar-refractivity contribution is -0.140. The van der Waals surface area contributed by atoms with Crippen LogP contribution in [0.4, 0.5) is 8.78 Å². The number of rotatable bonds is 9. The first-order valence-corrected chi connectivity index (χ1v) is 10.1. The molecule has 1 unspecified atom stereocenters. The van der Waals surface area contributed by atoms with Crippen LogP contribution in [0.2, 0.25) is 0 Å². The molecule has 0 spiro atoms. The van der Waals surface area contributed by atoms with Crippen molar-refractivity contribution in [2.24, 2.45) is 0 Å². The molecule has 0 saturated heterocycles. The van der Waals surface area contributed by atoms with Crippen LogP contribution in [0, 0.1) is 11.6 Å². The van der Waals surface area contributed by atoms with Crippen LogP contribution in [-0.4, -0.2) is 28.4 Å². The van der Waals surface area contributed by atoms with Gasteiger partial charge < -0.3 is 9.84 Å². The highest BCUT2D eigenvalue weighted by molar-refractivity contribution is 7.13. The van der Waals surface area contributed by atoms with Gasteiger partial charge in [-0.2, -0.15) is 0 Å². The van der Waals surface area contributed by atoms with E-state index >= 15 is 0 Å². The zero-order chi connectivity index (χ0) is 21.7. The van der Waals surface area contributed by atoms with Gasteiger partial charge in [-0.1, -0.05) is 0 Å². The zero-order valence-corrected chi connectivity index (χ0v) is 16.9. The number of ether oxygens (including phenoxy) is 1. The van der Waals surface area contributed by atoms with E-state index in [-0.39, 0.29) is 12.0 Å². The van der Waals surface area contributed by atoms with Gasteiger partial charge in [0.25, 0.3) is 0 Å². The summed E-state index contributed by atoms with van der Waals surface area (Å²) in [6.45, 7) is 2.47. The third-order valence-electron chi connectivity index (χ3n) is 4.41. The molecule has 0 radical (unpaired) electrons. The summed E-state index contributed by atoms with van der Waals surface area (Å²) in [6.07, 6.45) is -0.542. The lowest BCUT2D eigenvalue weighted by atomic mass is 9.92. The van der Waals surface area contributed by atoms with Crippen molar-refractivity contribution in [3.05, 3.63) is 70.7 Å². The molecule has 5 nitrogen and oxygen atoms in total. The highest BCUT2D eigenvalue weighted by atomic mass is 32.1. The summed E-state index contributed by atoms with van der Waals surface area (Å²) < 4.78 is 32.8. The Morgan fingerprint density at radius 1 is 1.17 bits per heavy atom. The number of carbonyl (C=O) groups is 2. The third-order valence-corrected chi connectivity index (χ3v) is 5.35. The molecule has 0 aliphatic rings. The van der Waals surface area contributed by atoms with Crippen LogP contribution in [0.1, 0.15) is 30.5 Å². The summed E-state index contributed by atoms with van der Waals surface area (Å²) in [4.78, 5) is 28.4. The SMILES string of the molecule is CCOc1ccc(-c2nc(CC(=O)CC(C(=O)O)c3cc(F)ccc3F)cs2)cc1. The minimum absolute atomic E-state index is 0.0890. The average Bonchev–Trinajstić information content (AvgIpc) is 3.17. The smallest absolute Gasteiger partial charge is 0.311 e. The number of ketones is 1. The summed E-state index contributed by atoms with van der Waals surface area (Å²) in [5.41, 5.74) is 1.02. The van der Waals surface area contributed by atoms with Crippen molar-refractivity contribution in [3.63, 3.8) is 0 Å². The van der Waals surface area contributed by atoms with Crippen LogP contribution in [0.15, 0.2) is 47.8 Å². The number of thiazole rings is 1. The molecule has 3 rings (SSSR count). The number of carboxylic acids is 1. The lowest BCUT2D eigenvalue weighted by Gasteiger charge is -2.13. The molecule has 1 heterocycles. The molecule has 0 fully saturated rings. The Morgan fingerprint density at radius 3 is 2.57 bits per heavy atom. The number of halogens is 2. The van der Waals surface area contributed by atoms with Crippen LogP contribution < -0.4 is 4.74 Å². The van der Waals surface area contributed by atoms with Crippen LogP contribution in [0.25, 0.3) is 10.6 Å². The molecule has 0 saturated carbocycles. The second-order valence-electron chi connectivity index (χ2n) is 6.58. The van der Waals surface area contributed by atoms with E-state index in [9.17, 15) is 23.5 Å². The van der Waals surface area contributed by atoms with Gasteiger partial charge in [0, 0.05) is 29.3 Å². The molecule has 156 valence electrons. The number of carboxylic acid groups (broad SMARTS) is 1. The first kappa shape index (κ1) is 21.6. The quantitative estimate of drug-likeness (QED) is 0.524. The van der Waals surface area contributed by atoms with E-state index in [4.69, 9.17) is 4.74 Å². The van der Waals surface area contributed by atoms with Crippen LogP contribution in [-0.2, 0) is 16.0 Å². The van der Waals surface area contributed by atoms with Crippen molar-refractivity contribution in [1.29, 1.82) is 0 Å². The Kier molecular flexibility index (Phi) is 6.89. The number of aromatic nitrogens is 1. The van der Waals surface area contributed by atoms with Gasteiger partial charge in [0.1, 0.15) is 28.2 Å².